The molecule has 162 valence electrons. The van der Waals surface area contributed by atoms with Crippen molar-refractivity contribution in [1.82, 2.24) is 0 Å². The standard InChI is InChI=1S/C25H21NO6/c27-23(28)12-15-9-10-16(13-24(29)30)22(11-15)26-25(31)32-14-21-19-7-3-1-5-17(19)18-6-2-4-8-20(18)21/h1-11,21H,12-14H2,(H,26,31)(H,27,28)(H,29,30). The van der Waals surface area contributed by atoms with Gasteiger partial charge in [0.05, 0.1) is 12.8 Å². The van der Waals surface area contributed by atoms with E-state index in [0.29, 0.717) is 11.1 Å². The number of anilines is 1. The molecule has 7 nitrogen and oxygen atoms in total. The van der Waals surface area contributed by atoms with E-state index in [2.05, 4.69) is 5.32 Å². The van der Waals surface area contributed by atoms with Crippen LogP contribution >= 0.6 is 0 Å². The van der Waals surface area contributed by atoms with Crippen LogP contribution in [0.5, 0.6) is 0 Å². The highest BCUT2D eigenvalue weighted by Crippen LogP contribution is 2.44. The van der Waals surface area contributed by atoms with Gasteiger partial charge in [0.1, 0.15) is 6.61 Å². The third kappa shape index (κ3) is 4.46. The van der Waals surface area contributed by atoms with Crippen molar-refractivity contribution in [3.63, 3.8) is 0 Å². The van der Waals surface area contributed by atoms with E-state index >= 15 is 0 Å². The molecule has 0 radical (unpaired) electrons. The Kier molecular flexibility index (Phi) is 5.89. The molecule has 0 bridgehead atoms. The lowest BCUT2D eigenvalue weighted by molar-refractivity contribution is -0.137. The second-order valence-electron chi connectivity index (χ2n) is 7.58. The molecule has 7 heteroatoms. The van der Waals surface area contributed by atoms with Gasteiger partial charge in [0.25, 0.3) is 0 Å². The van der Waals surface area contributed by atoms with Gasteiger partial charge in [-0.2, -0.15) is 0 Å². The molecule has 3 aromatic carbocycles. The van der Waals surface area contributed by atoms with Gasteiger partial charge in [-0.05, 0) is 39.4 Å². The Morgan fingerprint density at radius 1 is 0.812 bits per heavy atom. The molecule has 3 N–H and O–H groups in total. The molecule has 1 aliphatic rings. The Labute approximate surface area is 184 Å². The maximum atomic E-state index is 12.6. The maximum Gasteiger partial charge on any atom is 0.411 e. The average Bonchev–Trinajstić information content (AvgIpc) is 3.07. The SMILES string of the molecule is O=C(O)Cc1ccc(CC(=O)O)c(NC(=O)OCC2c3ccccc3-c3ccccc32)c1. The molecule has 0 fully saturated rings. The number of carbonyl (C=O) groups excluding carboxylic acids is 1. The van der Waals surface area contributed by atoms with Crippen molar-refractivity contribution < 1.29 is 29.3 Å². The molecule has 0 spiro atoms. The highest BCUT2D eigenvalue weighted by Gasteiger charge is 2.29. The first-order valence-electron chi connectivity index (χ1n) is 10.1. The van der Waals surface area contributed by atoms with E-state index in [1.165, 1.54) is 18.2 Å². The molecular formula is C25H21NO6. The number of hydrogen-bond donors (Lipinski definition) is 3. The predicted octanol–water partition coefficient (Wildman–Crippen LogP) is 4.30. The van der Waals surface area contributed by atoms with Crippen LogP contribution in [0.25, 0.3) is 11.1 Å². The van der Waals surface area contributed by atoms with Crippen molar-refractivity contribution in [2.45, 2.75) is 18.8 Å². The first-order chi connectivity index (χ1) is 15.4. The molecule has 0 heterocycles. The van der Waals surface area contributed by atoms with E-state index in [0.717, 1.165) is 22.3 Å². The smallest absolute Gasteiger partial charge is 0.411 e. The van der Waals surface area contributed by atoms with Crippen LogP contribution in [-0.4, -0.2) is 34.9 Å². The molecule has 4 rings (SSSR count). The second kappa shape index (κ2) is 8.93. The fourth-order valence-electron chi connectivity index (χ4n) is 4.09. The van der Waals surface area contributed by atoms with Crippen molar-refractivity contribution in [2.24, 2.45) is 0 Å². The molecule has 1 amide bonds. The van der Waals surface area contributed by atoms with Crippen LogP contribution in [-0.2, 0) is 27.2 Å². The first kappa shape index (κ1) is 21.1. The normalized spacial score (nSPS) is 12.0. The van der Waals surface area contributed by atoms with Crippen molar-refractivity contribution in [1.29, 1.82) is 0 Å². The fourth-order valence-corrected chi connectivity index (χ4v) is 4.09. The predicted molar refractivity (Wildman–Crippen MR) is 118 cm³/mol. The molecule has 1 aliphatic carbocycles. The number of benzene rings is 3. The lowest BCUT2D eigenvalue weighted by Crippen LogP contribution is -2.19. The third-order valence-corrected chi connectivity index (χ3v) is 5.45. The minimum Gasteiger partial charge on any atom is -0.481 e. The van der Waals surface area contributed by atoms with Crippen LogP contribution in [0.2, 0.25) is 0 Å². The largest absolute Gasteiger partial charge is 0.481 e. The minimum atomic E-state index is -1.06. The van der Waals surface area contributed by atoms with Gasteiger partial charge in [-0.25, -0.2) is 4.79 Å². The van der Waals surface area contributed by atoms with Crippen molar-refractivity contribution in [3.8, 4) is 11.1 Å². The van der Waals surface area contributed by atoms with Crippen LogP contribution in [0.1, 0.15) is 28.2 Å². The summed E-state index contributed by atoms with van der Waals surface area (Å²) in [6.07, 6.45) is -1.29. The average molecular weight is 431 g/mol. The summed E-state index contributed by atoms with van der Waals surface area (Å²) in [6.45, 7) is 0.114. The van der Waals surface area contributed by atoms with Gasteiger partial charge in [-0.1, -0.05) is 60.7 Å². The lowest BCUT2D eigenvalue weighted by Gasteiger charge is -2.16. The van der Waals surface area contributed by atoms with E-state index in [1.54, 1.807) is 0 Å². The van der Waals surface area contributed by atoms with Crippen LogP contribution in [0, 0.1) is 0 Å². The number of carboxylic acid groups (broad SMARTS) is 2. The monoisotopic (exact) mass is 431 g/mol. The van der Waals surface area contributed by atoms with Gasteiger partial charge in [-0.15, -0.1) is 0 Å². The van der Waals surface area contributed by atoms with E-state index in [1.807, 2.05) is 48.5 Å². The van der Waals surface area contributed by atoms with Crippen LogP contribution < -0.4 is 5.32 Å². The number of fused-ring (bicyclic) bond motifs is 3. The molecule has 3 aromatic rings. The van der Waals surface area contributed by atoms with Crippen LogP contribution in [0.15, 0.2) is 66.7 Å². The van der Waals surface area contributed by atoms with E-state index in [4.69, 9.17) is 14.9 Å². The molecule has 0 atom stereocenters. The summed E-state index contributed by atoms with van der Waals surface area (Å²) >= 11 is 0. The van der Waals surface area contributed by atoms with E-state index < -0.39 is 18.0 Å². The Hall–Kier alpha value is -4.13. The fraction of sp³-hybridized carbons (Fsp3) is 0.160. The number of carbonyl (C=O) groups is 3. The number of hydrogen-bond acceptors (Lipinski definition) is 4. The molecule has 0 saturated heterocycles. The Morgan fingerprint density at radius 3 is 2.00 bits per heavy atom. The van der Waals surface area contributed by atoms with Crippen molar-refractivity contribution in [2.75, 3.05) is 11.9 Å². The summed E-state index contributed by atoms with van der Waals surface area (Å²) in [6, 6.07) is 20.5. The number of aliphatic carboxylic acids is 2. The molecule has 0 unspecified atom stereocenters. The Bertz CT molecular complexity index is 1160. The highest BCUT2D eigenvalue weighted by atomic mass is 16.5. The zero-order valence-electron chi connectivity index (χ0n) is 17.1. The summed E-state index contributed by atoms with van der Waals surface area (Å²) < 4.78 is 5.51. The number of carboxylic acids is 2. The summed E-state index contributed by atoms with van der Waals surface area (Å²) in [5, 5.41) is 20.7. The van der Waals surface area contributed by atoms with Gasteiger partial charge >= 0.3 is 18.0 Å². The Balaban J connectivity index is 1.51. The van der Waals surface area contributed by atoms with Crippen molar-refractivity contribution >= 4 is 23.7 Å². The van der Waals surface area contributed by atoms with Crippen molar-refractivity contribution in [3.05, 3.63) is 89.0 Å². The third-order valence-electron chi connectivity index (χ3n) is 5.45. The molecule has 0 saturated carbocycles. The summed E-state index contributed by atoms with van der Waals surface area (Å²) in [5.74, 6) is -2.19. The van der Waals surface area contributed by atoms with E-state index in [9.17, 15) is 14.4 Å². The second-order valence-corrected chi connectivity index (χ2v) is 7.58. The zero-order valence-corrected chi connectivity index (χ0v) is 17.1. The quantitative estimate of drug-likeness (QED) is 0.514. The molecular weight excluding hydrogens is 410 g/mol. The summed E-state index contributed by atoms with van der Waals surface area (Å²) in [5.41, 5.74) is 5.42. The maximum absolute atomic E-state index is 12.6. The topological polar surface area (TPSA) is 113 Å². The first-order valence-corrected chi connectivity index (χ1v) is 10.1. The van der Waals surface area contributed by atoms with Gasteiger partial charge in [-0.3, -0.25) is 14.9 Å². The number of amides is 1. The Morgan fingerprint density at radius 2 is 1.41 bits per heavy atom. The van der Waals surface area contributed by atoms with Gasteiger partial charge < -0.3 is 14.9 Å². The minimum absolute atomic E-state index is 0.106. The van der Waals surface area contributed by atoms with Gasteiger partial charge in [0, 0.05) is 11.6 Å². The number of rotatable bonds is 7. The zero-order chi connectivity index (χ0) is 22.7. The van der Waals surface area contributed by atoms with Crippen LogP contribution in [0.3, 0.4) is 0 Å². The number of nitrogens with one attached hydrogen (secondary N) is 1. The lowest BCUT2D eigenvalue weighted by atomic mass is 9.98. The molecule has 32 heavy (non-hydrogen) atoms. The molecule has 0 aromatic heterocycles. The van der Waals surface area contributed by atoms with Gasteiger partial charge in [0.2, 0.25) is 0 Å². The van der Waals surface area contributed by atoms with Crippen LogP contribution in [0.4, 0.5) is 10.5 Å². The van der Waals surface area contributed by atoms with E-state index in [-0.39, 0.29) is 31.1 Å². The highest BCUT2D eigenvalue weighted by molar-refractivity contribution is 5.88. The summed E-state index contributed by atoms with van der Waals surface area (Å²) in [4.78, 5) is 34.7. The van der Waals surface area contributed by atoms with Gasteiger partial charge in [0.15, 0.2) is 0 Å². The molecule has 0 aliphatic heterocycles. The summed E-state index contributed by atoms with van der Waals surface area (Å²) in [7, 11) is 0. The number of ether oxygens (including phenoxy) is 1.